The molecule has 136 valence electrons. The van der Waals surface area contributed by atoms with E-state index < -0.39 is 5.60 Å². The standard InChI is InChI=1S/C21H28O4/c1-2-5-16-12-15(8-9-19(16)23)10-11-21(17-6-3-4-7-17)14-18(22)13-20(24)25-21/h8-9,12,17,23H,2-7,10-11,13-14H2,1H3. The lowest BCUT2D eigenvalue weighted by atomic mass is 9.76. The fourth-order valence-electron chi connectivity index (χ4n) is 4.50. The summed E-state index contributed by atoms with van der Waals surface area (Å²) in [6, 6.07) is 5.73. The molecule has 1 aromatic carbocycles. The number of phenols is 1. The first-order valence-corrected chi connectivity index (χ1v) is 9.57. The molecule has 1 atom stereocenters. The second-order valence-corrected chi connectivity index (χ2v) is 7.63. The lowest BCUT2D eigenvalue weighted by Crippen LogP contribution is -2.48. The summed E-state index contributed by atoms with van der Waals surface area (Å²) < 4.78 is 5.84. The average Bonchev–Trinajstić information content (AvgIpc) is 3.10. The van der Waals surface area contributed by atoms with E-state index in [0.717, 1.165) is 56.1 Å². The van der Waals surface area contributed by atoms with E-state index in [2.05, 4.69) is 6.92 Å². The molecule has 1 aromatic rings. The van der Waals surface area contributed by atoms with Gasteiger partial charge in [-0.2, -0.15) is 0 Å². The molecule has 1 heterocycles. The van der Waals surface area contributed by atoms with Crippen molar-refractivity contribution in [1.82, 2.24) is 0 Å². The molecular weight excluding hydrogens is 316 g/mol. The molecule has 2 aliphatic rings. The summed E-state index contributed by atoms with van der Waals surface area (Å²) in [5.74, 6) is 0.296. The van der Waals surface area contributed by atoms with Crippen LogP contribution in [0.1, 0.15) is 69.4 Å². The number of carbonyl (C=O) groups excluding carboxylic acids is 2. The highest BCUT2D eigenvalue weighted by Crippen LogP contribution is 2.44. The van der Waals surface area contributed by atoms with Crippen LogP contribution in [0.5, 0.6) is 5.75 Å². The first kappa shape index (κ1) is 18.0. The Kier molecular flexibility index (Phi) is 5.45. The van der Waals surface area contributed by atoms with Gasteiger partial charge in [-0.25, -0.2) is 0 Å². The number of cyclic esters (lactones) is 1. The lowest BCUT2D eigenvalue weighted by molar-refractivity contribution is -0.178. The van der Waals surface area contributed by atoms with E-state index in [1.165, 1.54) is 0 Å². The number of aromatic hydroxyl groups is 1. The van der Waals surface area contributed by atoms with Crippen LogP contribution in [0, 0.1) is 5.92 Å². The van der Waals surface area contributed by atoms with Gasteiger partial charge in [0.1, 0.15) is 23.6 Å². The van der Waals surface area contributed by atoms with E-state index in [0.29, 0.717) is 24.5 Å². The van der Waals surface area contributed by atoms with Gasteiger partial charge in [-0.05, 0) is 55.2 Å². The van der Waals surface area contributed by atoms with Gasteiger partial charge in [0.25, 0.3) is 0 Å². The third-order valence-electron chi connectivity index (χ3n) is 5.75. The number of Topliss-reactive ketones (excluding diaryl/α,β-unsaturated/α-hetero) is 1. The van der Waals surface area contributed by atoms with Crippen LogP contribution in [0.4, 0.5) is 0 Å². The summed E-state index contributed by atoms with van der Waals surface area (Å²) in [6.07, 6.45) is 7.94. The molecule has 0 amide bonds. The number of aryl methyl sites for hydroxylation is 2. The van der Waals surface area contributed by atoms with E-state index in [9.17, 15) is 14.7 Å². The molecule has 4 nitrogen and oxygen atoms in total. The van der Waals surface area contributed by atoms with Gasteiger partial charge in [-0.3, -0.25) is 9.59 Å². The van der Waals surface area contributed by atoms with Crippen LogP contribution >= 0.6 is 0 Å². The second-order valence-electron chi connectivity index (χ2n) is 7.63. The number of benzene rings is 1. The zero-order valence-electron chi connectivity index (χ0n) is 15.1. The van der Waals surface area contributed by atoms with Gasteiger partial charge < -0.3 is 9.84 Å². The number of hydrogen-bond donors (Lipinski definition) is 1. The predicted molar refractivity (Wildman–Crippen MR) is 95.4 cm³/mol. The highest BCUT2D eigenvalue weighted by atomic mass is 16.6. The van der Waals surface area contributed by atoms with Crippen molar-refractivity contribution in [2.45, 2.75) is 76.7 Å². The zero-order chi connectivity index (χ0) is 17.9. The van der Waals surface area contributed by atoms with Crippen LogP contribution in [0.3, 0.4) is 0 Å². The quantitative estimate of drug-likeness (QED) is 0.623. The van der Waals surface area contributed by atoms with Crippen LogP contribution in [0.25, 0.3) is 0 Å². The van der Waals surface area contributed by atoms with Gasteiger partial charge in [0.2, 0.25) is 0 Å². The van der Waals surface area contributed by atoms with Crippen molar-refractivity contribution < 1.29 is 19.4 Å². The highest BCUT2D eigenvalue weighted by molar-refractivity contribution is 5.98. The molecule has 1 N–H and O–H groups in total. The Morgan fingerprint density at radius 2 is 1.96 bits per heavy atom. The number of carbonyl (C=O) groups is 2. The summed E-state index contributed by atoms with van der Waals surface area (Å²) >= 11 is 0. The summed E-state index contributed by atoms with van der Waals surface area (Å²) in [5.41, 5.74) is 1.48. The summed E-state index contributed by atoms with van der Waals surface area (Å²) in [6.45, 7) is 2.09. The number of esters is 1. The van der Waals surface area contributed by atoms with Crippen molar-refractivity contribution in [3.8, 4) is 5.75 Å². The van der Waals surface area contributed by atoms with Crippen LogP contribution in [-0.2, 0) is 27.2 Å². The maximum Gasteiger partial charge on any atom is 0.313 e. The minimum absolute atomic E-state index is 0.0144. The first-order valence-electron chi connectivity index (χ1n) is 9.57. The maximum atomic E-state index is 12.1. The number of ketones is 1. The van der Waals surface area contributed by atoms with E-state index >= 15 is 0 Å². The van der Waals surface area contributed by atoms with Crippen LogP contribution < -0.4 is 0 Å². The van der Waals surface area contributed by atoms with Crippen LogP contribution in [0.15, 0.2) is 18.2 Å². The minimum Gasteiger partial charge on any atom is -0.508 e. The molecule has 3 rings (SSSR count). The largest absolute Gasteiger partial charge is 0.508 e. The van der Waals surface area contributed by atoms with Gasteiger partial charge in [0.05, 0.1) is 0 Å². The Hall–Kier alpha value is -1.84. The molecule has 4 heteroatoms. The van der Waals surface area contributed by atoms with Crippen molar-refractivity contribution in [1.29, 1.82) is 0 Å². The molecule has 0 bridgehead atoms. The highest BCUT2D eigenvalue weighted by Gasteiger charge is 2.47. The van der Waals surface area contributed by atoms with E-state index in [4.69, 9.17) is 4.74 Å². The second kappa shape index (κ2) is 7.59. The van der Waals surface area contributed by atoms with Crippen molar-refractivity contribution in [3.63, 3.8) is 0 Å². The number of hydrogen-bond acceptors (Lipinski definition) is 4. The molecular formula is C21H28O4. The number of ether oxygens (including phenoxy) is 1. The Labute approximate surface area is 149 Å². The van der Waals surface area contributed by atoms with E-state index in [1.807, 2.05) is 12.1 Å². The molecule has 1 unspecified atom stereocenters. The molecule has 0 radical (unpaired) electrons. The predicted octanol–water partition coefficient (Wildman–Crippen LogP) is 4.11. The maximum absolute atomic E-state index is 12.1. The molecule has 2 fully saturated rings. The monoisotopic (exact) mass is 344 g/mol. The SMILES string of the molecule is CCCc1cc(CCC2(C3CCCC3)CC(=O)CC(=O)O2)ccc1O. The number of rotatable bonds is 6. The van der Waals surface area contributed by atoms with Crippen molar-refractivity contribution in [3.05, 3.63) is 29.3 Å². The van der Waals surface area contributed by atoms with Crippen LogP contribution in [0.2, 0.25) is 0 Å². The topological polar surface area (TPSA) is 63.6 Å². The molecule has 1 aliphatic heterocycles. The third kappa shape index (κ3) is 4.05. The van der Waals surface area contributed by atoms with Gasteiger partial charge >= 0.3 is 5.97 Å². The fourth-order valence-corrected chi connectivity index (χ4v) is 4.50. The Bertz CT molecular complexity index is 627. The zero-order valence-corrected chi connectivity index (χ0v) is 15.1. The Balaban J connectivity index is 1.78. The smallest absolute Gasteiger partial charge is 0.313 e. The third-order valence-corrected chi connectivity index (χ3v) is 5.75. The minimum atomic E-state index is -0.619. The Morgan fingerprint density at radius 1 is 1.20 bits per heavy atom. The van der Waals surface area contributed by atoms with E-state index in [-0.39, 0.29) is 18.2 Å². The Morgan fingerprint density at radius 3 is 2.64 bits per heavy atom. The van der Waals surface area contributed by atoms with E-state index in [1.54, 1.807) is 6.07 Å². The summed E-state index contributed by atoms with van der Waals surface area (Å²) in [7, 11) is 0. The fraction of sp³-hybridized carbons (Fsp3) is 0.619. The molecule has 1 aliphatic carbocycles. The molecule has 0 aromatic heterocycles. The molecule has 1 saturated heterocycles. The lowest BCUT2D eigenvalue weighted by Gasteiger charge is -2.41. The van der Waals surface area contributed by atoms with Gasteiger partial charge in [0, 0.05) is 6.42 Å². The summed E-state index contributed by atoms with van der Waals surface area (Å²) in [4.78, 5) is 24.1. The van der Waals surface area contributed by atoms with Gasteiger partial charge in [-0.1, -0.05) is 38.3 Å². The van der Waals surface area contributed by atoms with Crippen molar-refractivity contribution in [2.75, 3.05) is 0 Å². The van der Waals surface area contributed by atoms with Gasteiger partial charge in [-0.15, -0.1) is 0 Å². The van der Waals surface area contributed by atoms with Gasteiger partial charge in [0.15, 0.2) is 0 Å². The normalized spacial score (nSPS) is 24.5. The summed E-state index contributed by atoms with van der Waals surface area (Å²) in [5, 5.41) is 9.96. The average molecular weight is 344 g/mol. The van der Waals surface area contributed by atoms with Crippen LogP contribution in [-0.4, -0.2) is 22.5 Å². The first-order chi connectivity index (χ1) is 12.0. The molecule has 25 heavy (non-hydrogen) atoms. The van der Waals surface area contributed by atoms with Crippen molar-refractivity contribution >= 4 is 11.8 Å². The van der Waals surface area contributed by atoms with Crippen molar-refractivity contribution in [2.24, 2.45) is 5.92 Å². The number of phenolic OH excluding ortho intramolecular Hbond substituents is 1. The molecule has 0 spiro atoms. The molecule has 1 saturated carbocycles.